The molecule has 0 fully saturated rings. The van der Waals surface area contributed by atoms with Gasteiger partial charge in [0.05, 0.1) is 22.1 Å². The van der Waals surface area contributed by atoms with Crippen LogP contribution in [0.5, 0.6) is 0 Å². The first-order valence-corrected chi connectivity index (χ1v) is 16.8. The summed E-state index contributed by atoms with van der Waals surface area (Å²) in [6, 6.07) is 67.7. The lowest BCUT2D eigenvalue weighted by Gasteiger charge is -2.25. The molecule has 2 aromatic heterocycles. The van der Waals surface area contributed by atoms with E-state index in [4.69, 9.17) is 0 Å². The van der Waals surface area contributed by atoms with Gasteiger partial charge >= 0.3 is 0 Å². The van der Waals surface area contributed by atoms with Gasteiger partial charge < -0.3 is 14.0 Å². The van der Waals surface area contributed by atoms with Crippen molar-refractivity contribution < 1.29 is 0 Å². The van der Waals surface area contributed by atoms with Crippen LogP contribution in [0.4, 0.5) is 17.1 Å². The minimum absolute atomic E-state index is 1.12. The van der Waals surface area contributed by atoms with E-state index in [1.807, 2.05) is 0 Å². The van der Waals surface area contributed by atoms with E-state index in [2.05, 4.69) is 202 Å². The molecule has 0 unspecified atom stereocenters. The highest BCUT2D eigenvalue weighted by atomic mass is 15.1. The van der Waals surface area contributed by atoms with Gasteiger partial charge in [-0.3, -0.25) is 0 Å². The Morgan fingerprint density at radius 3 is 1.24 bits per heavy atom. The highest BCUT2D eigenvalue weighted by Gasteiger charge is 2.25. The molecule has 3 heteroatoms. The van der Waals surface area contributed by atoms with Gasteiger partial charge in [-0.1, -0.05) is 115 Å². The summed E-state index contributed by atoms with van der Waals surface area (Å²) in [6.45, 7) is 0. The monoisotopic (exact) mass is 625 g/mol. The largest absolute Gasteiger partial charge is 0.310 e. The minimum Gasteiger partial charge on any atom is -0.310 e. The zero-order valence-electron chi connectivity index (χ0n) is 26.7. The summed E-state index contributed by atoms with van der Waals surface area (Å²) in [5.41, 5.74) is 10.5. The van der Waals surface area contributed by atoms with Crippen molar-refractivity contribution in [2.75, 3.05) is 4.90 Å². The third kappa shape index (κ3) is 4.16. The lowest BCUT2D eigenvalue weighted by molar-refractivity contribution is 1.18. The fourth-order valence-corrected chi connectivity index (χ4v) is 7.86. The second kappa shape index (κ2) is 11.0. The SMILES string of the molecule is c1ccc(N(c2ccccc2)c2ccc3c(c2)c2c4c5ccccc5n(-c5ccccc5)c4c4ccccc4c2n3-c2ccccc2)cc1. The summed E-state index contributed by atoms with van der Waals surface area (Å²) in [4.78, 5) is 2.36. The highest BCUT2D eigenvalue weighted by Crippen LogP contribution is 2.48. The van der Waals surface area contributed by atoms with Crippen LogP contribution >= 0.6 is 0 Å². The van der Waals surface area contributed by atoms with Gasteiger partial charge in [0.25, 0.3) is 0 Å². The number of hydrogen-bond acceptors (Lipinski definition) is 1. The van der Waals surface area contributed by atoms with Gasteiger partial charge in [0.15, 0.2) is 0 Å². The summed E-state index contributed by atoms with van der Waals surface area (Å²) in [5.74, 6) is 0. The number of rotatable bonds is 5. The quantitative estimate of drug-likeness (QED) is 0.185. The first kappa shape index (κ1) is 27.5. The molecule has 230 valence electrons. The van der Waals surface area contributed by atoms with Crippen molar-refractivity contribution in [3.63, 3.8) is 0 Å². The molecule has 10 rings (SSSR count). The Labute approximate surface area is 284 Å². The van der Waals surface area contributed by atoms with E-state index in [-0.39, 0.29) is 0 Å². The molecule has 0 radical (unpaired) electrons. The van der Waals surface area contributed by atoms with E-state index in [1.165, 1.54) is 54.4 Å². The zero-order valence-corrected chi connectivity index (χ0v) is 26.7. The molecule has 0 saturated carbocycles. The minimum atomic E-state index is 1.12. The molecule has 49 heavy (non-hydrogen) atoms. The summed E-state index contributed by atoms with van der Waals surface area (Å²) < 4.78 is 4.93. The smallest absolute Gasteiger partial charge is 0.0627 e. The van der Waals surface area contributed by atoms with Crippen LogP contribution in [-0.4, -0.2) is 9.13 Å². The maximum atomic E-state index is 2.47. The lowest BCUT2D eigenvalue weighted by atomic mass is 9.99. The molecule has 8 aromatic carbocycles. The van der Waals surface area contributed by atoms with Crippen LogP contribution in [0.15, 0.2) is 188 Å². The first-order chi connectivity index (χ1) is 24.4. The Hall–Kier alpha value is -6.58. The van der Waals surface area contributed by atoms with E-state index < -0.39 is 0 Å². The molecule has 0 saturated heterocycles. The molecule has 0 spiro atoms. The molecule has 0 aliphatic heterocycles. The first-order valence-electron chi connectivity index (χ1n) is 16.8. The summed E-state index contributed by atoms with van der Waals surface area (Å²) in [7, 11) is 0. The van der Waals surface area contributed by atoms with Crippen LogP contribution < -0.4 is 4.90 Å². The van der Waals surface area contributed by atoms with E-state index in [0.717, 1.165) is 28.4 Å². The van der Waals surface area contributed by atoms with Gasteiger partial charge in [-0.15, -0.1) is 0 Å². The number of nitrogens with zero attached hydrogens (tertiary/aromatic N) is 3. The Bertz CT molecular complexity index is 2760. The average Bonchev–Trinajstić information content (AvgIpc) is 3.70. The van der Waals surface area contributed by atoms with Crippen LogP contribution in [0.1, 0.15) is 0 Å². The van der Waals surface area contributed by atoms with Gasteiger partial charge in [-0.05, 0) is 72.8 Å². The van der Waals surface area contributed by atoms with Crippen molar-refractivity contribution in [3.05, 3.63) is 188 Å². The summed E-state index contributed by atoms with van der Waals surface area (Å²) in [5, 5.41) is 7.48. The highest BCUT2D eigenvalue weighted by molar-refractivity contribution is 6.37. The molecule has 0 atom stereocenters. The van der Waals surface area contributed by atoms with Gasteiger partial charge in [0.1, 0.15) is 0 Å². The van der Waals surface area contributed by atoms with Crippen molar-refractivity contribution in [2.45, 2.75) is 0 Å². The Kier molecular flexibility index (Phi) is 6.18. The van der Waals surface area contributed by atoms with Crippen molar-refractivity contribution in [1.29, 1.82) is 0 Å². The molecular weight excluding hydrogens is 595 g/mol. The number of hydrogen-bond donors (Lipinski definition) is 0. The third-order valence-corrected chi connectivity index (χ3v) is 9.83. The second-order valence-electron chi connectivity index (χ2n) is 12.6. The second-order valence-corrected chi connectivity index (χ2v) is 12.6. The van der Waals surface area contributed by atoms with Gasteiger partial charge in [-0.2, -0.15) is 0 Å². The van der Waals surface area contributed by atoms with E-state index in [1.54, 1.807) is 0 Å². The Balaban J connectivity index is 1.44. The predicted molar refractivity (Wildman–Crippen MR) is 207 cm³/mol. The topological polar surface area (TPSA) is 13.1 Å². The average molecular weight is 626 g/mol. The maximum Gasteiger partial charge on any atom is 0.0627 e. The zero-order chi connectivity index (χ0) is 32.3. The van der Waals surface area contributed by atoms with Gasteiger partial charge in [0.2, 0.25) is 0 Å². The fraction of sp³-hybridized carbons (Fsp3) is 0. The van der Waals surface area contributed by atoms with E-state index in [9.17, 15) is 0 Å². The normalized spacial score (nSPS) is 11.7. The number of aromatic nitrogens is 2. The molecule has 0 amide bonds. The standard InChI is InChI=1S/C46H31N3/c1-5-17-32(18-6-1)47(33-19-7-2-8-20-33)36-29-30-42-40(31-36)44-43-39-27-15-16-28-41(39)48(34-21-9-3-10-22-34)45(43)37-25-13-14-26-38(37)46(44)49(42)35-23-11-4-12-24-35/h1-31H. The molecular formula is C46H31N3. The molecule has 3 nitrogen and oxygen atoms in total. The lowest BCUT2D eigenvalue weighted by Crippen LogP contribution is -2.09. The van der Waals surface area contributed by atoms with Gasteiger partial charge in [-0.25, -0.2) is 0 Å². The molecule has 0 aliphatic rings. The van der Waals surface area contributed by atoms with Gasteiger partial charge in [0, 0.05) is 60.8 Å². The summed E-state index contributed by atoms with van der Waals surface area (Å²) >= 11 is 0. The molecule has 0 N–H and O–H groups in total. The van der Waals surface area contributed by atoms with Crippen LogP contribution in [0, 0.1) is 0 Å². The van der Waals surface area contributed by atoms with Crippen molar-refractivity contribution >= 4 is 71.4 Å². The Morgan fingerprint density at radius 1 is 0.306 bits per heavy atom. The van der Waals surface area contributed by atoms with Crippen LogP contribution in [0.25, 0.3) is 65.8 Å². The number of fused-ring (bicyclic) bond motifs is 10. The molecule has 0 bridgehead atoms. The van der Waals surface area contributed by atoms with E-state index >= 15 is 0 Å². The fourth-order valence-electron chi connectivity index (χ4n) is 7.86. The summed E-state index contributed by atoms with van der Waals surface area (Å²) in [6.07, 6.45) is 0. The molecule has 0 aliphatic carbocycles. The number of benzene rings is 8. The van der Waals surface area contributed by atoms with Crippen molar-refractivity contribution in [3.8, 4) is 11.4 Å². The predicted octanol–water partition coefficient (Wildman–Crippen LogP) is 12.5. The van der Waals surface area contributed by atoms with Crippen LogP contribution in [0.2, 0.25) is 0 Å². The Morgan fingerprint density at radius 2 is 0.714 bits per heavy atom. The third-order valence-electron chi connectivity index (χ3n) is 9.83. The van der Waals surface area contributed by atoms with Crippen molar-refractivity contribution in [2.24, 2.45) is 0 Å². The molecule has 10 aromatic rings. The van der Waals surface area contributed by atoms with Crippen molar-refractivity contribution in [1.82, 2.24) is 9.13 Å². The van der Waals surface area contributed by atoms with Crippen LogP contribution in [-0.2, 0) is 0 Å². The maximum absolute atomic E-state index is 2.47. The number of anilines is 3. The number of para-hydroxylation sites is 5. The van der Waals surface area contributed by atoms with E-state index in [0.29, 0.717) is 0 Å². The van der Waals surface area contributed by atoms with Crippen LogP contribution in [0.3, 0.4) is 0 Å². The molecule has 2 heterocycles.